The Morgan fingerprint density at radius 1 is 1.26 bits per heavy atom. The van der Waals surface area contributed by atoms with Crippen LogP contribution < -0.4 is 0 Å². The molecule has 1 aromatic heterocycles. The fourth-order valence-corrected chi connectivity index (χ4v) is 4.67. The van der Waals surface area contributed by atoms with Crippen LogP contribution in [0.15, 0.2) is 16.5 Å². The van der Waals surface area contributed by atoms with E-state index >= 15 is 0 Å². The maximum absolute atomic E-state index is 12.9. The predicted molar refractivity (Wildman–Crippen MR) is 107 cm³/mol. The number of aliphatic hydroxyl groups is 1. The quantitative estimate of drug-likeness (QED) is 0.437. The number of pyridine rings is 1. The number of aliphatic hydroxyl groups excluding tert-OH is 1. The Labute approximate surface area is 165 Å². The summed E-state index contributed by atoms with van der Waals surface area (Å²) in [4.78, 5) is 22.5. The van der Waals surface area contributed by atoms with Crippen molar-refractivity contribution < 1.29 is 14.7 Å². The summed E-state index contributed by atoms with van der Waals surface area (Å²) >= 11 is 6.53. The molecule has 0 saturated heterocycles. The third-order valence-corrected chi connectivity index (χ3v) is 5.78. The Morgan fingerprint density at radius 3 is 2.59 bits per heavy atom. The van der Waals surface area contributed by atoms with Gasteiger partial charge in [-0.3, -0.25) is 4.79 Å². The summed E-state index contributed by atoms with van der Waals surface area (Å²) in [5, 5.41) is 15.2. The highest BCUT2D eigenvalue weighted by Gasteiger charge is 2.34. The van der Waals surface area contributed by atoms with Crippen molar-refractivity contribution >= 4 is 23.1 Å². The van der Waals surface area contributed by atoms with Crippen molar-refractivity contribution in [2.45, 2.75) is 71.6 Å². The summed E-state index contributed by atoms with van der Waals surface area (Å²) in [5.41, 5.74) is 5.27. The fraction of sp³-hybridized carbons (Fsp3) is 0.571. The van der Waals surface area contributed by atoms with Crippen LogP contribution in [0.4, 0.5) is 0 Å². The lowest BCUT2D eigenvalue weighted by Gasteiger charge is -2.29. The van der Waals surface area contributed by atoms with Gasteiger partial charge in [0.2, 0.25) is 0 Å². The van der Waals surface area contributed by atoms with E-state index in [0.717, 1.165) is 36.9 Å². The third-order valence-electron chi connectivity index (χ3n) is 5.49. The monoisotopic (exact) mass is 390 g/mol. The number of nitrogens with zero attached hydrogens (tertiary/aromatic N) is 2. The number of rotatable bonds is 5. The van der Waals surface area contributed by atoms with Gasteiger partial charge in [-0.2, -0.15) is 0 Å². The number of aryl methyl sites for hydroxylation is 1. The highest BCUT2D eigenvalue weighted by atomic mass is 35.5. The van der Waals surface area contributed by atoms with Crippen LogP contribution in [0.25, 0.3) is 0 Å². The van der Waals surface area contributed by atoms with E-state index in [0.29, 0.717) is 42.3 Å². The Bertz CT molecular complexity index is 814. The van der Waals surface area contributed by atoms with Crippen molar-refractivity contribution in [3.05, 3.63) is 38.9 Å². The zero-order chi connectivity index (χ0) is 19.6. The van der Waals surface area contributed by atoms with Gasteiger partial charge in [-0.25, -0.2) is 4.98 Å². The topological polar surface area (TPSA) is 71.8 Å². The first-order valence-corrected chi connectivity index (χ1v) is 10.2. The van der Waals surface area contributed by atoms with Gasteiger partial charge in [0, 0.05) is 24.5 Å². The average Bonchev–Trinajstić information content (AvgIpc) is 2.64. The van der Waals surface area contributed by atoms with E-state index in [9.17, 15) is 9.90 Å². The van der Waals surface area contributed by atoms with Gasteiger partial charge in [-0.1, -0.05) is 23.7 Å². The van der Waals surface area contributed by atoms with Crippen LogP contribution in [-0.4, -0.2) is 28.2 Å². The standard InChI is InChI=1S/C21H27ClN2O3/c1-4-16(24-27-5-2)20-17(25)10-13(11-18(20)26)19-15-9-7-6-8-14(15)12(3)23-21(19)22/h13,25H,4-11H2,1-3H3. The molecular weight excluding hydrogens is 364 g/mol. The van der Waals surface area contributed by atoms with Crippen LogP contribution >= 0.6 is 11.6 Å². The second-order valence-corrected chi connectivity index (χ2v) is 7.58. The minimum absolute atomic E-state index is 0.0813. The molecule has 0 spiro atoms. The van der Waals surface area contributed by atoms with Crippen LogP contribution in [0, 0.1) is 6.92 Å². The van der Waals surface area contributed by atoms with Crippen molar-refractivity contribution in [1.82, 2.24) is 4.98 Å². The largest absolute Gasteiger partial charge is 0.511 e. The van der Waals surface area contributed by atoms with Crippen molar-refractivity contribution in [3.63, 3.8) is 0 Å². The summed E-state index contributed by atoms with van der Waals surface area (Å²) in [6.07, 6.45) is 5.45. The molecule has 0 aliphatic heterocycles. The molecule has 0 amide bonds. The first kappa shape index (κ1) is 19.9. The summed E-state index contributed by atoms with van der Waals surface area (Å²) in [7, 11) is 0. The molecular formula is C21H27ClN2O3. The maximum atomic E-state index is 12.9. The normalized spacial score (nSPS) is 20.7. The van der Waals surface area contributed by atoms with Gasteiger partial charge in [0.25, 0.3) is 0 Å². The van der Waals surface area contributed by atoms with Gasteiger partial charge in [-0.05, 0) is 62.6 Å². The highest BCUT2D eigenvalue weighted by molar-refractivity contribution is 6.30. The Morgan fingerprint density at radius 2 is 1.96 bits per heavy atom. The molecule has 3 rings (SSSR count). The van der Waals surface area contributed by atoms with E-state index in [2.05, 4.69) is 10.1 Å². The zero-order valence-corrected chi connectivity index (χ0v) is 17.0. The van der Waals surface area contributed by atoms with Gasteiger partial charge in [0.05, 0.1) is 11.3 Å². The number of allylic oxidation sites excluding steroid dienone is 2. The summed E-state index contributed by atoms with van der Waals surface area (Å²) < 4.78 is 0. The molecule has 5 nitrogen and oxygen atoms in total. The average molecular weight is 391 g/mol. The molecule has 0 aromatic carbocycles. The number of halogens is 1. The number of hydrogen-bond donors (Lipinski definition) is 1. The van der Waals surface area contributed by atoms with Crippen molar-refractivity contribution in [3.8, 4) is 0 Å². The first-order valence-electron chi connectivity index (χ1n) is 9.80. The number of aromatic nitrogens is 1. The van der Waals surface area contributed by atoms with Gasteiger partial charge < -0.3 is 9.94 Å². The molecule has 1 N–H and O–H groups in total. The molecule has 1 aromatic rings. The van der Waals surface area contributed by atoms with E-state index in [4.69, 9.17) is 16.4 Å². The van der Waals surface area contributed by atoms with Crippen LogP contribution in [0.5, 0.6) is 0 Å². The molecule has 0 radical (unpaired) electrons. The Kier molecular flexibility index (Phi) is 6.20. The van der Waals surface area contributed by atoms with E-state index in [1.807, 2.05) is 20.8 Å². The summed E-state index contributed by atoms with van der Waals surface area (Å²) in [5.74, 6) is -0.165. The van der Waals surface area contributed by atoms with Gasteiger partial charge in [0.1, 0.15) is 17.5 Å². The number of ketones is 1. The maximum Gasteiger partial charge on any atom is 0.168 e. The van der Waals surface area contributed by atoms with Crippen molar-refractivity contribution in [2.24, 2.45) is 5.16 Å². The van der Waals surface area contributed by atoms with Gasteiger partial charge >= 0.3 is 0 Å². The smallest absolute Gasteiger partial charge is 0.168 e. The number of carbonyl (C=O) groups excluding carboxylic acids is 1. The molecule has 27 heavy (non-hydrogen) atoms. The number of Topliss-reactive ketones (excluding diaryl/α,β-unsaturated/α-hetero) is 1. The molecule has 2 aliphatic rings. The predicted octanol–water partition coefficient (Wildman–Crippen LogP) is 4.98. The van der Waals surface area contributed by atoms with Crippen LogP contribution in [0.1, 0.15) is 74.3 Å². The molecule has 146 valence electrons. The summed E-state index contributed by atoms with van der Waals surface area (Å²) in [6.45, 7) is 6.15. The molecule has 1 atom stereocenters. The number of carbonyl (C=O) groups is 1. The van der Waals surface area contributed by atoms with E-state index in [1.54, 1.807) is 0 Å². The van der Waals surface area contributed by atoms with E-state index < -0.39 is 0 Å². The van der Waals surface area contributed by atoms with Crippen molar-refractivity contribution in [1.29, 1.82) is 0 Å². The molecule has 0 saturated carbocycles. The lowest BCUT2D eigenvalue weighted by molar-refractivity contribution is -0.116. The number of oxime groups is 1. The van der Waals surface area contributed by atoms with Crippen LogP contribution in [0.2, 0.25) is 5.15 Å². The molecule has 1 heterocycles. The lowest BCUT2D eigenvalue weighted by atomic mass is 9.77. The molecule has 1 unspecified atom stereocenters. The van der Waals surface area contributed by atoms with E-state index in [-0.39, 0.29) is 17.5 Å². The van der Waals surface area contributed by atoms with Crippen LogP contribution in [-0.2, 0) is 22.5 Å². The zero-order valence-electron chi connectivity index (χ0n) is 16.3. The van der Waals surface area contributed by atoms with Crippen LogP contribution in [0.3, 0.4) is 0 Å². The third kappa shape index (κ3) is 3.88. The van der Waals surface area contributed by atoms with Crippen molar-refractivity contribution in [2.75, 3.05) is 6.61 Å². The SMILES string of the molecule is CCON=C(CC)C1=C(O)CC(c2c(Cl)nc(C)c3c2CCCC3)CC1=O. The van der Waals surface area contributed by atoms with E-state index in [1.165, 1.54) is 11.1 Å². The Balaban J connectivity index is 2.00. The first-order chi connectivity index (χ1) is 13.0. The fourth-order valence-electron chi connectivity index (χ4n) is 4.27. The minimum atomic E-state index is -0.140. The molecule has 0 fully saturated rings. The van der Waals surface area contributed by atoms with Gasteiger partial charge in [0.15, 0.2) is 5.78 Å². The highest BCUT2D eigenvalue weighted by Crippen LogP contribution is 2.41. The second-order valence-electron chi connectivity index (χ2n) is 7.23. The van der Waals surface area contributed by atoms with Gasteiger partial charge in [-0.15, -0.1) is 0 Å². The number of fused-ring (bicyclic) bond motifs is 1. The molecule has 0 bridgehead atoms. The Hall–Kier alpha value is -1.88. The summed E-state index contributed by atoms with van der Waals surface area (Å²) in [6, 6.07) is 0. The minimum Gasteiger partial charge on any atom is -0.511 e. The lowest BCUT2D eigenvalue weighted by Crippen LogP contribution is -2.25. The second kappa shape index (κ2) is 8.42. The molecule has 2 aliphatic carbocycles. The molecule has 6 heteroatoms. The number of hydrogen-bond acceptors (Lipinski definition) is 5.